The van der Waals surface area contributed by atoms with E-state index in [-0.39, 0.29) is 17.6 Å². The molecule has 0 saturated carbocycles. The van der Waals surface area contributed by atoms with E-state index in [4.69, 9.17) is 20.9 Å². The number of hydrogen-bond acceptors (Lipinski definition) is 9. The zero-order valence-corrected chi connectivity index (χ0v) is 39.9. The van der Waals surface area contributed by atoms with Crippen LogP contribution < -0.4 is 32.0 Å². The zero-order chi connectivity index (χ0) is 47.9. The Morgan fingerprint density at radius 2 is 1.37 bits per heavy atom. The second-order valence-electron chi connectivity index (χ2n) is 19.9. The number of pyridine rings is 2. The van der Waals surface area contributed by atoms with E-state index in [1.807, 2.05) is 18.2 Å². The molecule has 13 heteroatoms. The SMILES string of the molecule is CN(Cc1cc(C2CCOCC2)ccc1-c1cnc(N)c(-c2cc3c(cc2F)C(=O)NCC3)c1)C[n+]1cc(-c2ccc(C3CCOCC3)c([C@@H]3CCCN3)c2)cc(-c2ccc3c(c2)CCNC3=O)c1N. The summed E-state index contributed by atoms with van der Waals surface area (Å²) in [5.41, 5.74) is 28.5. The van der Waals surface area contributed by atoms with E-state index in [2.05, 4.69) is 92.2 Å². The van der Waals surface area contributed by atoms with Crippen LogP contribution in [0.2, 0.25) is 0 Å². The number of halogens is 1. The number of rotatable bonds is 11. The molecule has 6 aromatic rings. The number of amides is 2. The summed E-state index contributed by atoms with van der Waals surface area (Å²) < 4.78 is 29.6. The van der Waals surface area contributed by atoms with Gasteiger partial charge in [0.15, 0.2) is 0 Å². The molecule has 2 amide bonds. The summed E-state index contributed by atoms with van der Waals surface area (Å²) in [6.45, 7) is 6.17. The smallest absolute Gasteiger partial charge is 0.281 e. The number of fused-ring (bicyclic) bond motifs is 2. The highest BCUT2D eigenvalue weighted by molar-refractivity contribution is 5.98. The topological polar surface area (TPSA) is 161 Å². The molecule has 5 aliphatic heterocycles. The van der Waals surface area contributed by atoms with Crippen molar-refractivity contribution in [2.45, 2.75) is 82.5 Å². The van der Waals surface area contributed by atoms with Gasteiger partial charge in [0.05, 0.1) is 11.8 Å². The number of aromatic nitrogens is 2. The first-order valence-electron chi connectivity index (χ1n) is 25.1. The number of nitrogen functional groups attached to an aromatic ring is 2. The number of nitrogens with zero attached hydrogens (tertiary/aromatic N) is 3. The summed E-state index contributed by atoms with van der Waals surface area (Å²) in [6.07, 6.45) is 11.5. The molecule has 0 radical (unpaired) electrons. The molecule has 3 fully saturated rings. The zero-order valence-electron chi connectivity index (χ0n) is 39.9. The minimum atomic E-state index is -0.518. The molecule has 1 atom stereocenters. The number of hydrogen-bond donors (Lipinski definition) is 5. The van der Waals surface area contributed by atoms with E-state index in [9.17, 15) is 9.59 Å². The number of nitrogens with two attached hydrogens (primary N) is 2. The fourth-order valence-electron chi connectivity index (χ4n) is 11.5. The van der Waals surface area contributed by atoms with Crippen LogP contribution >= 0.6 is 0 Å². The summed E-state index contributed by atoms with van der Waals surface area (Å²) >= 11 is 0. The minimum absolute atomic E-state index is 0.0451. The molecule has 5 aliphatic rings. The lowest BCUT2D eigenvalue weighted by molar-refractivity contribution is -0.701. The lowest BCUT2D eigenvalue weighted by Crippen LogP contribution is -2.44. The number of ether oxygens (including phenoxy) is 2. The number of nitrogens with one attached hydrogen (secondary N) is 3. The fraction of sp³-hybridized carbons (Fsp3) is 0.368. The molecule has 4 aromatic carbocycles. The van der Waals surface area contributed by atoms with Crippen molar-refractivity contribution in [2.24, 2.45) is 0 Å². The van der Waals surface area contributed by atoms with Crippen molar-refractivity contribution < 1.29 is 28.0 Å². The van der Waals surface area contributed by atoms with Gasteiger partial charge in [-0.3, -0.25) is 20.2 Å². The Labute approximate surface area is 409 Å². The minimum Gasteiger partial charge on any atom is -0.383 e. The lowest BCUT2D eigenvalue weighted by atomic mass is 9.84. The summed E-state index contributed by atoms with van der Waals surface area (Å²) in [5, 5.41) is 9.59. The van der Waals surface area contributed by atoms with Crippen LogP contribution in [0.5, 0.6) is 0 Å². The molecule has 12 nitrogen and oxygen atoms in total. The monoisotopic (exact) mass is 941 g/mol. The van der Waals surface area contributed by atoms with E-state index in [0.29, 0.717) is 78.7 Å². The fourth-order valence-corrected chi connectivity index (χ4v) is 11.5. The van der Waals surface area contributed by atoms with Crippen molar-refractivity contribution in [3.63, 3.8) is 0 Å². The van der Waals surface area contributed by atoms with Gasteiger partial charge in [-0.25, -0.2) is 13.9 Å². The van der Waals surface area contributed by atoms with Crippen molar-refractivity contribution in [1.29, 1.82) is 0 Å². The Kier molecular flexibility index (Phi) is 12.9. The van der Waals surface area contributed by atoms with Crippen LogP contribution in [-0.2, 0) is 35.5 Å². The lowest BCUT2D eigenvalue weighted by Gasteiger charge is -2.27. The molecule has 0 aliphatic carbocycles. The quantitative estimate of drug-likeness (QED) is 0.0807. The predicted octanol–water partition coefficient (Wildman–Crippen LogP) is 8.21. The van der Waals surface area contributed by atoms with Gasteiger partial charge in [-0.2, -0.15) is 0 Å². The molecule has 70 heavy (non-hydrogen) atoms. The standard InChI is InChI=1S/C57H61FN8O4/c1-65(31-43-23-36(34-12-19-69-20-13-34)4-7-44(43)41-27-51(54(59)64-30-41)49-26-40-11-18-63-57(68)48(40)29-52(49)58)33-66-32-42(28-47(55(66)60)38-6-9-46-39(24-38)10-17-62-56(46)67)37-5-8-45(35-14-21-70-22-15-35)50(25-37)53-3-2-16-61-53/h4-9,23-30,32,34-35,53,60-61H,2-3,10-22,31,33H2,1H3,(H4,59,62,63,64,67,68)/p+1/t53-/m0/s1. The molecule has 0 unspecified atom stereocenters. The molecular weight excluding hydrogens is 880 g/mol. The van der Waals surface area contributed by atoms with E-state index < -0.39 is 5.82 Å². The Balaban J connectivity index is 0.977. The van der Waals surface area contributed by atoms with Crippen molar-refractivity contribution in [3.05, 3.63) is 142 Å². The van der Waals surface area contributed by atoms with Gasteiger partial charge in [-0.15, -0.1) is 0 Å². The van der Waals surface area contributed by atoms with Gasteiger partial charge in [0.1, 0.15) is 18.3 Å². The van der Waals surface area contributed by atoms with Gasteiger partial charge in [0, 0.05) is 91.7 Å². The highest BCUT2D eigenvalue weighted by atomic mass is 19.1. The summed E-state index contributed by atoms with van der Waals surface area (Å²) in [7, 11) is 2.11. The van der Waals surface area contributed by atoms with Crippen molar-refractivity contribution >= 4 is 23.5 Å². The van der Waals surface area contributed by atoms with Crippen LogP contribution in [0.25, 0.3) is 44.5 Å². The maximum absolute atomic E-state index is 15.9. The van der Waals surface area contributed by atoms with Gasteiger partial charge in [-0.05, 0) is 169 Å². The summed E-state index contributed by atoms with van der Waals surface area (Å²) in [5.74, 6) is 0.839. The number of benzene rings is 4. The van der Waals surface area contributed by atoms with Crippen LogP contribution in [-0.4, -0.2) is 74.8 Å². The van der Waals surface area contributed by atoms with Crippen LogP contribution in [0.15, 0.2) is 91.3 Å². The number of anilines is 2. The van der Waals surface area contributed by atoms with Crippen LogP contribution in [0.3, 0.4) is 0 Å². The molecule has 0 spiro atoms. The average molecular weight is 942 g/mol. The number of carbonyl (C=O) groups excluding carboxylic acids is 2. The van der Waals surface area contributed by atoms with Gasteiger partial charge >= 0.3 is 0 Å². The van der Waals surface area contributed by atoms with E-state index in [1.165, 1.54) is 22.8 Å². The van der Waals surface area contributed by atoms with Gasteiger partial charge in [0.25, 0.3) is 17.6 Å². The summed E-state index contributed by atoms with van der Waals surface area (Å²) in [4.78, 5) is 32.3. The Morgan fingerprint density at radius 3 is 2.13 bits per heavy atom. The third-order valence-electron chi connectivity index (χ3n) is 15.3. The molecular formula is C57H62FN8O4+. The normalized spacial score (nSPS) is 18.6. The Hall–Kier alpha value is -6.51. The predicted molar refractivity (Wildman–Crippen MR) is 271 cm³/mol. The van der Waals surface area contributed by atoms with E-state index >= 15 is 4.39 Å². The maximum Gasteiger partial charge on any atom is 0.281 e. The Morgan fingerprint density at radius 1 is 0.671 bits per heavy atom. The third-order valence-corrected chi connectivity index (χ3v) is 15.3. The summed E-state index contributed by atoms with van der Waals surface area (Å²) in [6, 6.07) is 27.3. The molecule has 360 valence electrons. The maximum atomic E-state index is 15.9. The highest BCUT2D eigenvalue weighted by Gasteiger charge is 2.28. The number of carbonyl (C=O) groups is 2. The second-order valence-corrected chi connectivity index (χ2v) is 19.9. The molecule has 7 N–H and O–H groups in total. The van der Waals surface area contributed by atoms with Crippen LogP contribution in [0.4, 0.5) is 16.0 Å². The van der Waals surface area contributed by atoms with Crippen LogP contribution in [0, 0.1) is 5.82 Å². The molecule has 7 heterocycles. The molecule has 3 saturated heterocycles. The van der Waals surface area contributed by atoms with Crippen LogP contribution in [0.1, 0.15) is 110 Å². The van der Waals surface area contributed by atoms with E-state index in [1.54, 1.807) is 12.3 Å². The first-order chi connectivity index (χ1) is 34.1. The first kappa shape index (κ1) is 45.9. The molecule has 0 bridgehead atoms. The highest BCUT2D eigenvalue weighted by Crippen LogP contribution is 2.40. The van der Waals surface area contributed by atoms with E-state index in [0.717, 1.165) is 128 Å². The second kappa shape index (κ2) is 19.7. The Bertz CT molecular complexity index is 2990. The van der Waals surface area contributed by atoms with Gasteiger partial charge in [0.2, 0.25) is 0 Å². The van der Waals surface area contributed by atoms with Crippen molar-refractivity contribution in [2.75, 3.05) is 64.6 Å². The largest absolute Gasteiger partial charge is 0.383 e. The van der Waals surface area contributed by atoms with Gasteiger partial charge in [-0.1, -0.05) is 36.4 Å². The van der Waals surface area contributed by atoms with Crippen molar-refractivity contribution in [1.82, 2.24) is 25.8 Å². The van der Waals surface area contributed by atoms with Gasteiger partial charge < -0.3 is 31.2 Å². The average Bonchev–Trinajstić information content (AvgIpc) is 3.93. The molecule has 11 rings (SSSR count). The third kappa shape index (κ3) is 9.19. The first-order valence-corrected chi connectivity index (χ1v) is 25.1. The molecule has 2 aromatic heterocycles. The van der Waals surface area contributed by atoms with Crippen molar-refractivity contribution in [3.8, 4) is 44.5 Å².